The molecular weight excluding hydrogens is 347 g/mol. The average Bonchev–Trinajstić information content (AvgIpc) is 2.45. The largest absolute Gasteiger partial charge is 0.289 e. The first-order valence-electron chi connectivity index (χ1n) is 6.13. The minimum Gasteiger partial charge on any atom is -0.289 e. The summed E-state index contributed by atoms with van der Waals surface area (Å²) < 4.78 is 1.19. The van der Waals surface area contributed by atoms with Crippen LogP contribution < -0.4 is 0 Å². The first-order valence-corrected chi connectivity index (χ1v) is 7.20. The highest BCUT2D eigenvalue weighted by Gasteiger charge is 2.25. The molecule has 0 aromatic heterocycles. The number of benzene rings is 3. The van der Waals surface area contributed by atoms with Gasteiger partial charge in [-0.1, -0.05) is 48.5 Å². The number of halogens is 1. The molecule has 1 aliphatic rings. The lowest BCUT2D eigenvalue weighted by Gasteiger charge is -2.20. The summed E-state index contributed by atoms with van der Waals surface area (Å²) in [5, 5.41) is 2.23. The maximum Gasteiger partial charge on any atom is 0.194 e. The summed E-state index contributed by atoms with van der Waals surface area (Å²) in [6.45, 7) is 0. The molecule has 0 radical (unpaired) electrons. The SMILES string of the molecule is O=C1c2ccccc2-c2c(I)ccc3cccc1c23. The predicted octanol–water partition coefficient (Wildman–Crippen LogP) is 4.66. The van der Waals surface area contributed by atoms with Crippen LogP contribution in [-0.2, 0) is 0 Å². The highest BCUT2D eigenvalue weighted by Crippen LogP contribution is 2.41. The van der Waals surface area contributed by atoms with Gasteiger partial charge in [0.05, 0.1) is 0 Å². The Morgan fingerprint density at radius 1 is 0.737 bits per heavy atom. The number of carbonyl (C=O) groups is 1. The molecule has 2 heteroatoms. The van der Waals surface area contributed by atoms with Crippen molar-refractivity contribution in [1.82, 2.24) is 0 Å². The normalized spacial score (nSPS) is 12.6. The summed E-state index contributed by atoms with van der Waals surface area (Å²) >= 11 is 2.35. The van der Waals surface area contributed by atoms with Crippen LogP contribution in [0.4, 0.5) is 0 Å². The monoisotopic (exact) mass is 356 g/mol. The van der Waals surface area contributed by atoms with E-state index >= 15 is 0 Å². The van der Waals surface area contributed by atoms with Crippen molar-refractivity contribution in [3.8, 4) is 11.1 Å². The molecule has 1 nitrogen and oxygen atoms in total. The average molecular weight is 356 g/mol. The molecule has 0 saturated heterocycles. The quantitative estimate of drug-likeness (QED) is 0.419. The number of hydrogen-bond donors (Lipinski definition) is 0. The van der Waals surface area contributed by atoms with Gasteiger partial charge in [0, 0.05) is 25.6 Å². The van der Waals surface area contributed by atoms with Crippen molar-refractivity contribution in [3.63, 3.8) is 0 Å². The molecule has 0 bridgehead atoms. The topological polar surface area (TPSA) is 17.1 Å². The molecule has 19 heavy (non-hydrogen) atoms. The molecule has 0 N–H and O–H groups in total. The van der Waals surface area contributed by atoms with E-state index in [0.29, 0.717) is 0 Å². The number of fused-ring (bicyclic) bond motifs is 2. The van der Waals surface area contributed by atoms with E-state index in [0.717, 1.165) is 27.5 Å². The fourth-order valence-electron chi connectivity index (χ4n) is 2.85. The Morgan fingerprint density at radius 3 is 2.32 bits per heavy atom. The van der Waals surface area contributed by atoms with Crippen LogP contribution in [0.25, 0.3) is 21.9 Å². The molecule has 0 atom stereocenters. The second-order valence-electron chi connectivity index (χ2n) is 4.70. The highest BCUT2D eigenvalue weighted by atomic mass is 127. The van der Waals surface area contributed by atoms with Gasteiger partial charge < -0.3 is 0 Å². The minimum atomic E-state index is 0.135. The highest BCUT2D eigenvalue weighted by molar-refractivity contribution is 14.1. The Kier molecular flexibility index (Phi) is 2.30. The Bertz CT molecular complexity index is 849. The van der Waals surface area contributed by atoms with E-state index in [4.69, 9.17) is 0 Å². The van der Waals surface area contributed by atoms with Gasteiger partial charge in [-0.2, -0.15) is 0 Å². The van der Waals surface area contributed by atoms with Gasteiger partial charge in [0.2, 0.25) is 0 Å². The van der Waals surface area contributed by atoms with Crippen LogP contribution in [0.3, 0.4) is 0 Å². The first-order chi connectivity index (χ1) is 9.27. The summed E-state index contributed by atoms with van der Waals surface area (Å²) in [5.74, 6) is 0.135. The number of rotatable bonds is 0. The van der Waals surface area contributed by atoms with Crippen molar-refractivity contribution < 1.29 is 4.79 Å². The van der Waals surface area contributed by atoms with E-state index in [-0.39, 0.29) is 5.78 Å². The third kappa shape index (κ3) is 1.43. The molecule has 0 heterocycles. The molecule has 0 amide bonds. The zero-order chi connectivity index (χ0) is 13.0. The molecule has 0 unspecified atom stereocenters. The Hall–Kier alpha value is -1.68. The van der Waals surface area contributed by atoms with E-state index in [9.17, 15) is 4.79 Å². The van der Waals surface area contributed by atoms with Crippen LogP contribution in [0.5, 0.6) is 0 Å². The van der Waals surface area contributed by atoms with Gasteiger partial charge in [-0.05, 0) is 39.6 Å². The van der Waals surface area contributed by atoms with E-state index in [1.807, 2.05) is 36.4 Å². The zero-order valence-electron chi connectivity index (χ0n) is 9.98. The van der Waals surface area contributed by atoms with Crippen molar-refractivity contribution in [1.29, 1.82) is 0 Å². The molecule has 4 rings (SSSR count). The molecule has 0 spiro atoms. The maximum absolute atomic E-state index is 12.6. The predicted molar refractivity (Wildman–Crippen MR) is 85.5 cm³/mol. The Labute approximate surface area is 124 Å². The van der Waals surface area contributed by atoms with Crippen LogP contribution in [0, 0.1) is 3.57 Å². The molecule has 0 fully saturated rings. The molecule has 3 aromatic rings. The van der Waals surface area contributed by atoms with Gasteiger partial charge in [-0.15, -0.1) is 0 Å². The van der Waals surface area contributed by atoms with Crippen molar-refractivity contribution in [2.45, 2.75) is 0 Å². The maximum atomic E-state index is 12.6. The van der Waals surface area contributed by atoms with Gasteiger partial charge in [-0.3, -0.25) is 4.79 Å². The van der Waals surface area contributed by atoms with Gasteiger partial charge in [0.25, 0.3) is 0 Å². The van der Waals surface area contributed by atoms with Gasteiger partial charge in [0.15, 0.2) is 5.78 Å². The molecule has 0 aliphatic heterocycles. The van der Waals surface area contributed by atoms with E-state index in [1.165, 1.54) is 9.13 Å². The molecule has 90 valence electrons. The lowest BCUT2D eigenvalue weighted by Crippen LogP contribution is -2.10. The second kappa shape index (κ2) is 3.90. The van der Waals surface area contributed by atoms with E-state index < -0.39 is 0 Å². The van der Waals surface area contributed by atoms with Crippen LogP contribution in [-0.4, -0.2) is 5.78 Å². The molecule has 0 saturated carbocycles. The fraction of sp³-hybridized carbons (Fsp3) is 0. The summed E-state index contributed by atoms with van der Waals surface area (Å²) in [5.41, 5.74) is 3.89. The van der Waals surface area contributed by atoms with Crippen molar-refractivity contribution >= 4 is 39.1 Å². The third-order valence-electron chi connectivity index (χ3n) is 3.68. The van der Waals surface area contributed by atoms with Gasteiger partial charge in [0.1, 0.15) is 0 Å². The first kappa shape index (κ1) is 11.2. The van der Waals surface area contributed by atoms with Gasteiger partial charge >= 0.3 is 0 Å². The lowest BCUT2D eigenvalue weighted by atomic mass is 9.83. The fourth-order valence-corrected chi connectivity index (χ4v) is 3.59. The summed E-state index contributed by atoms with van der Waals surface area (Å²) in [6, 6.07) is 18.1. The lowest BCUT2D eigenvalue weighted by molar-refractivity contribution is 0.104. The van der Waals surface area contributed by atoms with Crippen molar-refractivity contribution in [3.05, 3.63) is 69.3 Å². The standard InChI is InChI=1S/C17H9IO/c18-14-9-8-10-4-3-7-13-15(10)16(14)11-5-1-2-6-12(11)17(13)19/h1-9H. The van der Waals surface area contributed by atoms with Crippen molar-refractivity contribution in [2.75, 3.05) is 0 Å². The summed E-state index contributed by atoms with van der Waals surface area (Å²) in [6.07, 6.45) is 0. The van der Waals surface area contributed by atoms with Crippen molar-refractivity contribution in [2.24, 2.45) is 0 Å². The molecule has 3 aromatic carbocycles. The zero-order valence-corrected chi connectivity index (χ0v) is 12.1. The molecule has 1 aliphatic carbocycles. The number of ketones is 1. The third-order valence-corrected chi connectivity index (χ3v) is 4.58. The van der Waals surface area contributed by atoms with Crippen LogP contribution in [0.2, 0.25) is 0 Å². The van der Waals surface area contributed by atoms with Crippen LogP contribution >= 0.6 is 22.6 Å². The minimum absolute atomic E-state index is 0.135. The summed E-state index contributed by atoms with van der Waals surface area (Å²) in [7, 11) is 0. The van der Waals surface area contributed by atoms with E-state index in [1.54, 1.807) is 0 Å². The van der Waals surface area contributed by atoms with Gasteiger partial charge in [-0.25, -0.2) is 0 Å². The molecular formula is C17H9IO. The Balaban J connectivity index is 2.31. The van der Waals surface area contributed by atoms with Crippen LogP contribution in [0.15, 0.2) is 54.6 Å². The van der Waals surface area contributed by atoms with E-state index in [2.05, 4.69) is 40.8 Å². The smallest absolute Gasteiger partial charge is 0.194 e. The number of carbonyl (C=O) groups excluding carboxylic acids is 1. The second-order valence-corrected chi connectivity index (χ2v) is 5.86. The van der Waals surface area contributed by atoms with Crippen LogP contribution in [0.1, 0.15) is 15.9 Å². The summed E-state index contributed by atoms with van der Waals surface area (Å²) in [4.78, 5) is 12.6. The number of hydrogen-bond acceptors (Lipinski definition) is 1. The Morgan fingerprint density at radius 2 is 1.47 bits per heavy atom.